The molecular weight excluding hydrogens is 701 g/mol. The molecule has 0 aromatic heterocycles. The molecule has 0 radical (unpaired) electrons. The van der Waals surface area contributed by atoms with Gasteiger partial charge >= 0.3 is 0 Å². The van der Waals surface area contributed by atoms with Gasteiger partial charge in [-0.25, -0.2) is 0 Å². The number of fused-ring (bicyclic) bond motifs is 9. The van der Waals surface area contributed by atoms with Gasteiger partial charge in [0.25, 0.3) is 0 Å². The van der Waals surface area contributed by atoms with Crippen molar-refractivity contribution in [1.29, 1.82) is 0 Å². The summed E-state index contributed by atoms with van der Waals surface area (Å²) in [5, 5.41) is 5.04. The summed E-state index contributed by atoms with van der Waals surface area (Å²) in [6.45, 7) is 9.44. The Morgan fingerprint density at radius 2 is 0.810 bits per heavy atom. The fraction of sp³-hybridized carbons (Fsp3) is 0.107. The zero-order valence-corrected chi connectivity index (χ0v) is 33.4. The van der Waals surface area contributed by atoms with Crippen LogP contribution in [0.25, 0.3) is 43.8 Å². The van der Waals surface area contributed by atoms with E-state index in [9.17, 15) is 0 Å². The Morgan fingerprint density at radius 3 is 1.50 bits per heavy atom. The van der Waals surface area contributed by atoms with Gasteiger partial charge in [0.2, 0.25) is 0 Å². The van der Waals surface area contributed by atoms with Crippen LogP contribution in [0.3, 0.4) is 0 Å². The van der Waals surface area contributed by atoms with E-state index in [2.05, 4.69) is 232 Å². The first-order valence-corrected chi connectivity index (χ1v) is 20.4. The highest BCUT2D eigenvalue weighted by Crippen LogP contribution is 2.53. The molecule has 0 heterocycles. The van der Waals surface area contributed by atoms with E-state index in [0.29, 0.717) is 0 Å². The highest BCUT2D eigenvalue weighted by atomic mass is 15.2. The minimum Gasteiger partial charge on any atom is -0.310 e. The number of anilines is 6. The van der Waals surface area contributed by atoms with E-state index in [1.165, 1.54) is 66.1 Å². The molecule has 0 N–H and O–H groups in total. The smallest absolute Gasteiger partial charge is 0.0540 e. The van der Waals surface area contributed by atoms with E-state index in [-0.39, 0.29) is 10.8 Å². The van der Waals surface area contributed by atoms with Crippen LogP contribution in [0.2, 0.25) is 0 Å². The Hall–Kier alpha value is -6.90. The number of hydrogen-bond acceptors (Lipinski definition) is 2. The van der Waals surface area contributed by atoms with Crippen LogP contribution >= 0.6 is 0 Å². The highest BCUT2D eigenvalue weighted by molar-refractivity contribution is 6.14. The van der Waals surface area contributed by atoms with Crippen molar-refractivity contribution in [3.8, 4) is 22.3 Å². The van der Waals surface area contributed by atoms with Gasteiger partial charge in [-0.3, -0.25) is 0 Å². The Kier molecular flexibility index (Phi) is 7.59. The van der Waals surface area contributed by atoms with Crippen LogP contribution in [-0.4, -0.2) is 0 Å². The van der Waals surface area contributed by atoms with Gasteiger partial charge in [-0.15, -0.1) is 0 Å². The molecule has 278 valence electrons. The van der Waals surface area contributed by atoms with Gasteiger partial charge in [0, 0.05) is 44.7 Å². The van der Waals surface area contributed by atoms with E-state index in [1.807, 2.05) is 0 Å². The third-order valence-corrected chi connectivity index (χ3v) is 13.0. The number of benzene rings is 9. The first-order valence-electron chi connectivity index (χ1n) is 20.4. The van der Waals surface area contributed by atoms with E-state index in [4.69, 9.17) is 0 Å². The number of para-hydroxylation sites is 2. The molecule has 0 amide bonds. The molecule has 0 saturated carbocycles. The van der Waals surface area contributed by atoms with Crippen LogP contribution in [0.1, 0.15) is 49.9 Å². The second kappa shape index (κ2) is 12.8. The van der Waals surface area contributed by atoms with E-state index < -0.39 is 0 Å². The number of nitrogens with zero attached hydrogens (tertiary/aromatic N) is 2. The predicted molar refractivity (Wildman–Crippen MR) is 246 cm³/mol. The Morgan fingerprint density at radius 1 is 0.293 bits per heavy atom. The van der Waals surface area contributed by atoms with E-state index in [1.54, 1.807) is 0 Å². The van der Waals surface area contributed by atoms with Crippen molar-refractivity contribution < 1.29 is 0 Å². The molecule has 0 fully saturated rings. The SMILES string of the molecule is CC1(C)c2ccccc2-c2ccc(N(c3ccccc3)c3cccc(N(c4ccccc4)c4cccc5c4ccc4cc6c(cc45)C(C)(C)c4ccccc4-6)c3)cc21. The quantitative estimate of drug-likeness (QED) is 0.156. The lowest BCUT2D eigenvalue weighted by molar-refractivity contribution is 0.660. The molecule has 0 saturated heterocycles. The number of rotatable bonds is 6. The summed E-state index contributed by atoms with van der Waals surface area (Å²) < 4.78 is 0. The van der Waals surface area contributed by atoms with Crippen molar-refractivity contribution >= 4 is 55.7 Å². The topological polar surface area (TPSA) is 6.48 Å². The molecule has 11 rings (SSSR count). The summed E-state index contributed by atoms with van der Waals surface area (Å²) in [6, 6.07) is 71.7. The molecule has 2 aliphatic carbocycles. The lowest BCUT2D eigenvalue weighted by Crippen LogP contribution is -2.17. The van der Waals surface area contributed by atoms with Gasteiger partial charge in [-0.05, 0) is 133 Å². The minimum absolute atomic E-state index is 0.0698. The van der Waals surface area contributed by atoms with Crippen LogP contribution in [0.15, 0.2) is 194 Å². The zero-order chi connectivity index (χ0) is 39.2. The predicted octanol–water partition coefficient (Wildman–Crippen LogP) is 15.5. The lowest BCUT2D eigenvalue weighted by Gasteiger charge is -2.31. The van der Waals surface area contributed by atoms with Crippen molar-refractivity contribution in [2.45, 2.75) is 38.5 Å². The number of hydrogen-bond donors (Lipinski definition) is 0. The maximum Gasteiger partial charge on any atom is 0.0540 e. The Bertz CT molecular complexity index is 3070. The molecule has 0 spiro atoms. The zero-order valence-electron chi connectivity index (χ0n) is 33.4. The van der Waals surface area contributed by atoms with E-state index in [0.717, 1.165) is 34.1 Å². The Balaban J connectivity index is 1.08. The molecule has 58 heavy (non-hydrogen) atoms. The molecule has 0 atom stereocenters. The summed E-state index contributed by atoms with van der Waals surface area (Å²) in [4.78, 5) is 4.83. The third kappa shape index (κ3) is 5.11. The van der Waals surface area contributed by atoms with Crippen LogP contribution in [-0.2, 0) is 10.8 Å². The van der Waals surface area contributed by atoms with Gasteiger partial charge in [-0.1, -0.05) is 149 Å². The monoisotopic (exact) mass is 744 g/mol. The maximum absolute atomic E-state index is 2.47. The molecule has 9 aromatic carbocycles. The second-order valence-electron chi connectivity index (χ2n) is 17.0. The fourth-order valence-electron chi connectivity index (χ4n) is 10.1. The van der Waals surface area contributed by atoms with Crippen molar-refractivity contribution in [2.24, 2.45) is 0 Å². The molecule has 0 aliphatic heterocycles. The summed E-state index contributed by atoms with van der Waals surface area (Å²) in [7, 11) is 0. The average Bonchev–Trinajstić information content (AvgIpc) is 3.63. The normalized spacial score (nSPS) is 14.1. The first-order chi connectivity index (χ1) is 28.3. The second-order valence-corrected chi connectivity index (χ2v) is 17.0. The largest absolute Gasteiger partial charge is 0.310 e. The van der Waals surface area contributed by atoms with E-state index >= 15 is 0 Å². The minimum atomic E-state index is -0.103. The van der Waals surface area contributed by atoms with Gasteiger partial charge in [0.05, 0.1) is 5.69 Å². The summed E-state index contributed by atoms with van der Waals surface area (Å²) in [6.07, 6.45) is 0. The summed E-state index contributed by atoms with van der Waals surface area (Å²) in [5.41, 5.74) is 17.4. The highest BCUT2D eigenvalue weighted by Gasteiger charge is 2.37. The molecule has 2 aliphatic rings. The van der Waals surface area contributed by atoms with Gasteiger partial charge < -0.3 is 9.80 Å². The average molecular weight is 745 g/mol. The Labute approximate surface area is 341 Å². The first kappa shape index (κ1) is 34.4. The van der Waals surface area contributed by atoms with Gasteiger partial charge in [0.15, 0.2) is 0 Å². The van der Waals surface area contributed by atoms with Gasteiger partial charge in [-0.2, -0.15) is 0 Å². The lowest BCUT2D eigenvalue weighted by atomic mass is 9.81. The van der Waals surface area contributed by atoms with Gasteiger partial charge in [0.1, 0.15) is 0 Å². The summed E-state index contributed by atoms with van der Waals surface area (Å²) in [5.74, 6) is 0. The summed E-state index contributed by atoms with van der Waals surface area (Å²) >= 11 is 0. The van der Waals surface area contributed by atoms with Crippen LogP contribution in [0, 0.1) is 0 Å². The fourth-order valence-corrected chi connectivity index (χ4v) is 10.1. The van der Waals surface area contributed by atoms with Crippen molar-refractivity contribution in [3.63, 3.8) is 0 Å². The maximum atomic E-state index is 2.47. The molecule has 0 unspecified atom stereocenters. The molecule has 2 nitrogen and oxygen atoms in total. The van der Waals surface area contributed by atoms with Crippen molar-refractivity contribution in [3.05, 3.63) is 216 Å². The molecule has 9 aromatic rings. The van der Waals surface area contributed by atoms with Crippen LogP contribution in [0.4, 0.5) is 34.1 Å². The molecule has 0 bridgehead atoms. The van der Waals surface area contributed by atoms with Crippen molar-refractivity contribution in [1.82, 2.24) is 0 Å². The van der Waals surface area contributed by atoms with Crippen LogP contribution < -0.4 is 9.80 Å². The molecular formula is C56H44N2. The van der Waals surface area contributed by atoms with Crippen molar-refractivity contribution in [2.75, 3.05) is 9.80 Å². The standard InChI is InChI=1S/C56H44N2/c1-55(2)50-26-13-11-23-44(50)46-32-30-42(35-52(46)55)57(38-17-7-5-8-18-38)40-21-15-22-41(34-40)58(39-19-9-6-10-20-39)54-28-16-25-43-47(54)31-29-37-33-49-45-24-12-14-27-51(45)56(3,4)53(49)36-48(37)43/h5-36H,1-4H3. The third-order valence-electron chi connectivity index (χ3n) is 13.0. The molecule has 2 heteroatoms. The van der Waals surface area contributed by atoms with Crippen LogP contribution in [0.5, 0.6) is 0 Å².